The normalized spacial score (nSPS) is 24.9. The number of thiol groups is 1. The molecule has 0 spiro atoms. The minimum atomic E-state index is -0.744. The summed E-state index contributed by atoms with van der Waals surface area (Å²) in [5.74, 6) is -0.357. The van der Waals surface area contributed by atoms with Crippen molar-refractivity contribution in [2.24, 2.45) is 11.8 Å². The number of carbonyl (C=O) groups is 2. The van der Waals surface area contributed by atoms with Crippen molar-refractivity contribution in [1.29, 1.82) is 0 Å². The first-order chi connectivity index (χ1) is 12.0. The fraction of sp³-hybridized carbons (Fsp3) is 0.800. The number of aliphatic hydroxyl groups excluding tert-OH is 1. The highest BCUT2D eigenvalue weighted by molar-refractivity contribution is 7.81. The highest BCUT2D eigenvalue weighted by atomic mass is 32.1. The van der Waals surface area contributed by atoms with Gasteiger partial charge in [-0.25, -0.2) is 0 Å². The highest BCUT2D eigenvalue weighted by Gasteiger charge is 2.38. The molecular weight excluding hydrogens is 336 g/mol. The van der Waals surface area contributed by atoms with Crippen molar-refractivity contribution >= 4 is 24.4 Å². The summed E-state index contributed by atoms with van der Waals surface area (Å²) in [6, 6.07) is 0. The van der Waals surface area contributed by atoms with E-state index in [0.29, 0.717) is 12.8 Å². The number of aliphatic hydroxyl groups is 1. The minimum Gasteiger partial charge on any atom is -0.481 e. The van der Waals surface area contributed by atoms with Crippen molar-refractivity contribution in [2.75, 3.05) is 0 Å². The molecule has 1 aliphatic rings. The third-order valence-corrected chi connectivity index (χ3v) is 5.57. The van der Waals surface area contributed by atoms with Gasteiger partial charge in [0.2, 0.25) is 0 Å². The van der Waals surface area contributed by atoms with Crippen LogP contribution in [0.4, 0.5) is 0 Å². The van der Waals surface area contributed by atoms with E-state index >= 15 is 0 Å². The maximum atomic E-state index is 12.2. The molecule has 1 saturated carbocycles. The monoisotopic (exact) mass is 370 g/mol. The zero-order valence-electron chi connectivity index (χ0n) is 15.4. The Labute approximate surface area is 157 Å². The zero-order valence-corrected chi connectivity index (χ0v) is 16.3. The number of hydrogen-bond donors (Lipinski definition) is 3. The molecule has 1 aliphatic carbocycles. The molecule has 0 aliphatic heterocycles. The SMILES string of the molecule is CCCCC[C@H](O)/C=C/[C@H]1[C@@H](S)CC(=O)[C@@H]1CCCCCCC(=O)O. The lowest BCUT2D eigenvalue weighted by molar-refractivity contribution is -0.137. The predicted molar refractivity (Wildman–Crippen MR) is 104 cm³/mol. The molecule has 2 N–H and O–H groups in total. The summed E-state index contributed by atoms with van der Waals surface area (Å²) in [5, 5.41) is 18.7. The highest BCUT2D eigenvalue weighted by Crippen LogP contribution is 2.37. The second kappa shape index (κ2) is 12.5. The second-order valence-corrected chi connectivity index (χ2v) is 7.88. The summed E-state index contributed by atoms with van der Waals surface area (Å²) in [5.41, 5.74) is 0. The number of hydrogen-bond acceptors (Lipinski definition) is 4. The van der Waals surface area contributed by atoms with E-state index in [2.05, 4.69) is 19.6 Å². The molecule has 0 aromatic heterocycles. The van der Waals surface area contributed by atoms with Gasteiger partial charge in [-0.1, -0.05) is 57.6 Å². The van der Waals surface area contributed by atoms with Crippen molar-refractivity contribution in [3.05, 3.63) is 12.2 Å². The first-order valence-corrected chi connectivity index (χ1v) is 10.3. The van der Waals surface area contributed by atoms with E-state index in [-0.39, 0.29) is 29.3 Å². The first kappa shape index (κ1) is 22.2. The fourth-order valence-corrected chi connectivity index (χ4v) is 4.03. The summed E-state index contributed by atoms with van der Waals surface area (Å²) >= 11 is 4.58. The lowest BCUT2D eigenvalue weighted by Gasteiger charge is -2.18. The van der Waals surface area contributed by atoms with E-state index in [4.69, 9.17) is 5.11 Å². The number of carboxylic acid groups (broad SMARTS) is 1. The molecule has 1 rings (SSSR count). The third-order valence-electron chi connectivity index (χ3n) is 5.05. The van der Waals surface area contributed by atoms with Crippen LogP contribution in [0.5, 0.6) is 0 Å². The Morgan fingerprint density at radius 3 is 2.64 bits per heavy atom. The van der Waals surface area contributed by atoms with Crippen molar-refractivity contribution in [1.82, 2.24) is 0 Å². The van der Waals surface area contributed by atoms with Gasteiger partial charge in [0.15, 0.2) is 0 Å². The van der Waals surface area contributed by atoms with E-state index in [0.717, 1.165) is 51.4 Å². The quantitative estimate of drug-likeness (QED) is 0.255. The average molecular weight is 371 g/mol. The minimum absolute atomic E-state index is 0.000987. The van der Waals surface area contributed by atoms with Crippen LogP contribution in [0.25, 0.3) is 0 Å². The number of ketones is 1. The molecular formula is C20H34O4S. The number of carbonyl (C=O) groups excluding carboxylic acids is 1. The zero-order chi connectivity index (χ0) is 18.7. The number of carboxylic acids is 1. The van der Waals surface area contributed by atoms with Crippen LogP contribution in [0.15, 0.2) is 12.2 Å². The van der Waals surface area contributed by atoms with Gasteiger partial charge in [0, 0.05) is 24.0 Å². The van der Waals surface area contributed by atoms with Crippen LogP contribution in [0, 0.1) is 11.8 Å². The van der Waals surface area contributed by atoms with Gasteiger partial charge in [-0.15, -0.1) is 0 Å². The summed E-state index contributed by atoms with van der Waals surface area (Å²) in [6.45, 7) is 2.14. The van der Waals surface area contributed by atoms with Gasteiger partial charge in [0.25, 0.3) is 0 Å². The van der Waals surface area contributed by atoms with E-state index in [1.807, 2.05) is 12.2 Å². The van der Waals surface area contributed by atoms with Crippen LogP contribution in [-0.2, 0) is 9.59 Å². The molecule has 0 bridgehead atoms. The maximum absolute atomic E-state index is 12.2. The van der Waals surface area contributed by atoms with Crippen LogP contribution in [0.3, 0.4) is 0 Å². The molecule has 0 radical (unpaired) electrons. The number of aliphatic carboxylic acids is 1. The van der Waals surface area contributed by atoms with Crippen LogP contribution in [-0.4, -0.2) is 33.3 Å². The molecule has 4 nitrogen and oxygen atoms in total. The van der Waals surface area contributed by atoms with Gasteiger partial charge in [0.1, 0.15) is 5.78 Å². The molecule has 144 valence electrons. The van der Waals surface area contributed by atoms with Gasteiger partial charge in [-0.2, -0.15) is 12.6 Å². The summed E-state index contributed by atoms with van der Waals surface area (Å²) in [6.07, 6.45) is 12.6. The smallest absolute Gasteiger partial charge is 0.303 e. The fourth-order valence-electron chi connectivity index (χ4n) is 3.54. The standard InChI is InChI=1S/C20H34O4S/c1-2-3-6-9-15(21)12-13-17-16(18(22)14-19(17)25)10-7-4-5-8-11-20(23)24/h12-13,15-17,19,21,25H,2-11,14H2,1H3,(H,23,24)/b13-12+/t15-,16+,17+,19-/m0/s1. The van der Waals surface area contributed by atoms with Gasteiger partial charge in [-0.05, 0) is 25.2 Å². The maximum Gasteiger partial charge on any atom is 0.303 e. The van der Waals surface area contributed by atoms with E-state index in [1.54, 1.807) is 0 Å². The summed E-state index contributed by atoms with van der Waals surface area (Å²) in [4.78, 5) is 22.7. The molecule has 4 atom stereocenters. The Balaban J connectivity index is 2.39. The summed E-state index contributed by atoms with van der Waals surface area (Å²) in [7, 11) is 0. The number of allylic oxidation sites excluding steroid dienone is 1. The van der Waals surface area contributed by atoms with Crippen molar-refractivity contribution in [2.45, 2.75) is 88.9 Å². The van der Waals surface area contributed by atoms with Crippen molar-refractivity contribution in [3.8, 4) is 0 Å². The molecule has 0 amide bonds. The van der Waals surface area contributed by atoms with Crippen molar-refractivity contribution in [3.63, 3.8) is 0 Å². The van der Waals surface area contributed by atoms with Gasteiger partial charge >= 0.3 is 5.97 Å². The second-order valence-electron chi connectivity index (χ2n) is 7.22. The molecule has 0 unspecified atom stereocenters. The van der Waals surface area contributed by atoms with Gasteiger partial charge < -0.3 is 10.2 Å². The Kier molecular flexibility index (Phi) is 11.1. The molecule has 0 saturated heterocycles. The van der Waals surface area contributed by atoms with Crippen LogP contribution >= 0.6 is 12.6 Å². The van der Waals surface area contributed by atoms with Gasteiger partial charge in [0.05, 0.1) is 6.10 Å². The van der Waals surface area contributed by atoms with E-state index in [9.17, 15) is 14.7 Å². The largest absolute Gasteiger partial charge is 0.481 e. The summed E-state index contributed by atoms with van der Waals surface area (Å²) < 4.78 is 0. The van der Waals surface area contributed by atoms with Crippen molar-refractivity contribution < 1.29 is 19.8 Å². The topological polar surface area (TPSA) is 74.6 Å². The Morgan fingerprint density at radius 2 is 1.96 bits per heavy atom. The first-order valence-electron chi connectivity index (χ1n) is 9.74. The Morgan fingerprint density at radius 1 is 1.24 bits per heavy atom. The average Bonchev–Trinajstić information content (AvgIpc) is 2.82. The Bertz CT molecular complexity index is 435. The van der Waals surface area contributed by atoms with Crippen LogP contribution in [0.1, 0.15) is 77.6 Å². The molecule has 1 fully saturated rings. The Hall–Kier alpha value is -0.810. The number of unbranched alkanes of at least 4 members (excludes halogenated alkanes) is 5. The lowest BCUT2D eigenvalue weighted by atomic mass is 9.89. The lowest BCUT2D eigenvalue weighted by Crippen LogP contribution is -2.17. The molecule has 0 heterocycles. The van der Waals surface area contributed by atoms with E-state index < -0.39 is 12.1 Å². The number of Topliss-reactive ketones (excluding diaryl/α,β-unsaturated/α-hetero) is 1. The van der Waals surface area contributed by atoms with Gasteiger partial charge in [-0.3, -0.25) is 9.59 Å². The van der Waals surface area contributed by atoms with Crippen LogP contribution < -0.4 is 0 Å². The third kappa shape index (κ3) is 8.91. The van der Waals surface area contributed by atoms with Crippen LogP contribution in [0.2, 0.25) is 0 Å². The molecule has 25 heavy (non-hydrogen) atoms. The number of rotatable bonds is 13. The molecule has 0 aromatic carbocycles. The molecule has 0 aromatic rings. The van der Waals surface area contributed by atoms with E-state index in [1.165, 1.54) is 0 Å². The molecule has 5 heteroatoms. The predicted octanol–water partition coefficient (Wildman–Crippen LogP) is 4.41.